The molecule has 2 rings (SSSR count). The van der Waals surface area contributed by atoms with Gasteiger partial charge in [0, 0.05) is 19.1 Å². The quantitative estimate of drug-likeness (QED) is 0.823. The van der Waals surface area contributed by atoms with E-state index < -0.39 is 0 Å². The third kappa shape index (κ3) is 3.86. The average Bonchev–Trinajstić information content (AvgIpc) is 2.97. The molecule has 0 saturated carbocycles. The number of carbonyl (C=O) groups excluding carboxylic acids is 1. The summed E-state index contributed by atoms with van der Waals surface area (Å²) in [5, 5.41) is 9.79. The Morgan fingerprint density at radius 1 is 1.29 bits per heavy atom. The van der Waals surface area contributed by atoms with E-state index in [1.165, 1.54) is 16.9 Å². The van der Waals surface area contributed by atoms with Crippen LogP contribution in [0.15, 0.2) is 24.3 Å². The Bertz CT molecular complexity index is 595. The zero-order valence-corrected chi connectivity index (χ0v) is 13.3. The first kappa shape index (κ1) is 15.6. The van der Waals surface area contributed by atoms with Crippen LogP contribution in [0.4, 0.5) is 5.13 Å². The van der Waals surface area contributed by atoms with Gasteiger partial charge in [0.05, 0.1) is 13.2 Å². The minimum atomic E-state index is 0.0265. The van der Waals surface area contributed by atoms with Gasteiger partial charge in [-0.05, 0) is 6.92 Å². The number of ether oxygens (including phenoxy) is 1. The van der Waals surface area contributed by atoms with Gasteiger partial charge >= 0.3 is 0 Å². The summed E-state index contributed by atoms with van der Waals surface area (Å²) in [7, 11) is 1.62. The highest BCUT2D eigenvalue weighted by atomic mass is 32.1. The van der Waals surface area contributed by atoms with E-state index in [1.807, 2.05) is 38.1 Å². The van der Waals surface area contributed by atoms with Crippen molar-refractivity contribution in [3.05, 3.63) is 29.8 Å². The van der Waals surface area contributed by atoms with Crippen molar-refractivity contribution in [3.63, 3.8) is 0 Å². The Morgan fingerprint density at radius 3 is 2.62 bits per heavy atom. The van der Waals surface area contributed by atoms with E-state index in [4.69, 9.17) is 4.74 Å². The van der Waals surface area contributed by atoms with Gasteiger partial charge in [-0.15, -0.1) is 10.2 Å². The van der Waals surface area contributed by atoms with Crippen molar-refractivity contribution < 1.29 is 9.53 Å². The van der Waals surface area contributed by atoms with E-state index in [-0.39, 0.29) is 5.91 Å². The number of methoxy groups -OCH3 is 1. The highest BCUT2D eigenvalue weighted by molar-refractivity contribution is 7.18. The van der Waals surface area contributed by atoms with Crippen LogP contribution in [-0.4, -0.2) is 36.4 Å². The van der Waals surface area contributed by atoms with E-state index in [0.717, 1.165) is 10.6 Å². The van der Waals surface area contributed by atoms with E-state index in [1.54, 1.807) is 12.0 Å². The van der Waals surface area contributed by atoms with Crippen LogP contribution in [0.5, 0.6) is 0 Å². The molecule has 0 unspecified atom stereocenters. The molecular formula is C15H19N3O2S. The summed E-state index contributed by atoms with van der Waals surface area (Å²) >= 11 is 1.42. The fourth-order valence-electron chi connectivity index (χ4n) is 1.84. The van der Waals surface area contributed by atoms with Crippen molar-refractivity contribution in [2.75, 3.05) is 25.2 Å². The second-order valence-electron chi connectivity index (χ2n) is 4.65. The van der Waals surface area contributed by atoms with Crippen molar-refractivity contribution in [3.8, 4) is 10.6 Å². The summed E-state index contributed by atoms with van der Waals surface area (Å²) in [5.41, 5.74) is 2.21. The number of aryl methyl sites for hydroxylation is 1. The number of anilines is 1. The lowest BCUT2D eigenvalue weighted by Crippen LogP contribution is -2.33. The summed E-state index contributed by atoms with van der Waals surface area (Å²) in [6.45, 7) is 4.85. The minimum absolute atomic E-state index is 0.0265. The maximum absolute atomic E-state index is 12.0. The minimum Gasteiger partial charge on any atom is -0.383 e. The molecule has 0 atom stereocenters. The fourth-order valence-corrected chi connectivity index (χ4v) is 2.73. The molecule has 112 valence electrons. The maximum Gasteiger partial charge on any atom is 0.228 e. The number of benzene rings is 1. The van der Waals surface area contributed by atoms with Gasteiger partial charge < -0.3 is 4.74 Å². The van der Waals surface area contributed by atoms with Gasteiger partial charge in [0.2, 0.25) is 11.0 Å². The Morgan fingerprint density at radius 2 is 2.00 bits per heavy atom. The lowest BCUT2D eigenvalue weighted by Gasteiger charge is -2.17. The summed E-state index contributed by atoms with van der Waals surface area (Å²) in [6.07, 6.45) is 0.434. The highest BCUT2D eigenvalue weighted by Gasteiger charge is 2.18. The van der Waals surface area contributed by atoms with Gasteiger partial charge in [-0.2, -0.15) is 0 Å². The van der Waals surface area contributed by atoms with Crippen LogP contribution in [0, 0.1) is 6.92 Å². The lowest BCUT2D eigenvalue weighted by molar-refractivity contribution is -0.118. The largest absolute Gasteiger partial charge is 0.383 e. The van der Waals surface area contributed by atoms with E-state index in [9.17, 15) is 4.79 Å². The van der Waals surface area contributed by atoms with Crippen LogP contribution in [0.3, 0.4) is 0 Å². The van der Waals surface area contributed by atoms with Crippen LogP contribution in [0.2, 0.25) is 0 Å². The molecule has 1 aromatic heterocycles. The van der Waals surface area contributed by atoms with E-state index >= 15 is 0 Å². The first-order chi connectivity index (χ1) is 10.2. The number of amides is 1. The van der Waals surface area contributed by atoms with E-state index in [2.05, 4.69) is 10.2 Å². The van der Waals surface area contributed by atoms with Gasteiger partial charge in [-0.3, -0.25) is 9.69 Å². The molecule has 0 radical (unpaired) electrons. The lowest BCUT2D eigenvalue weighted by atomic mass is 10.2. The third-order valence-corrected chi connectivity index (χ3v) is 4.06. The molecule has 1 heterocycles. The summed E-state index contributed by atoms with van der Waals surface area (Å²) < 4.78 is 5.06. The van der Waals surface area contributed by atoms with Crippen molar-refractivity contribution in [2.45, 2.75) is 20.3 Å². The molecule has 5 nitrogen and oxygen atoms in total. The Labute approximate surface area is 128 Å². The second kappa shape index (κ2) is 7.28. The Balaban J connectivity index is 2.23. The van der Waals surface area contributed by atoms with E-state index in [0.29, 0.717) is 24.7 Å². The summed E-state index contributed by atoms with van der Waals surface area (Å²) in [5.74, 6) is 0.0265. The number of hydrogen-bond acceptors (Lipinski definition) is 5. The topological polar surface area (TPSA) is 55.3 Å². The molecule has 21 heavy (non-hydrogen) atoms. The zero-order valence-electron chi connectivity index (χ0n) is 12.5. The predicted octanol–water partition coefficient (Wildman–Crippen LogP) is 2.90. The highest BCUT2D eigenvalue weighted by Crippen LogP contribution is 2.29. The number of carbonyl (C=O) groups is 1. The molecule has 1 aromatic carbocycles. The van der Waals surface area contributed by atoms with Crippen molar-refractivity contribution in [1.29, 1.82) is 0 Å². The fraction of sp³-hybridized carbons (Fsp3) is 0.400. The van der Waals surface area contributed by atoms with Crippen LogP contribution >= 0.6 is 11.3 Å². The summed E-state index contributed by atoms with van der Waals surface area (Å²) in [6, 6.07) is 8.11. The molecule has 0 aliphatic carbocycles. The van der Waals surface area contributed by atoms with Crippen LogP contribution in [0.1, 0.15) is 18.9 Å². The molecule has 0 N–H and O–H groups in total. The van der Waals surface area contributed by atoms with Crippen LogP contribution in [-0.2, 0) is 9.53 Å². The normalized spacial score (nSPS) is 10.6. The zero-order chi connectivity index (χ0) is 15.2. The van der Waals surface area contributed by atoms with Gasteiger partial charge in [0.1, 0.15) is 5.01 Å². The second-order valence-corrected chi connectivity index (χ2v) is 5.60. The molecule has 2 aromatic rings. The number of rotatable bonds is 6. The molecule has 0 fully saturated rings. The van der Waals surface area contributed by atoms with Crippen molar-refractivity contribution in [1.82, 2.24) is 10.2 Å². The van der Waals surface area contributed by atoms with Crippen molar-refractivity contribution in [2.24, 2.45) is 0 Å². The number of hydrogen-bond donors (Lipinski definition) is 0. The monoisotopic (exact) mass is 305 g/mol. The average molecular weight is 305 g/mol. The Kier molecular flexibility index (Phi) is 5.41. The number of aromatic nitrogens is 2. The van der Waals surface area contributed by atoms with Gasteiger partial charge in [-0.1, -0.05) is 48.1 Å². The van der Waals surface area contributed by atoms with Crippen molar-refractivity contribution >= 4 is 22.4 Å². The van der Waals surface area contributed by atoms with Crippen LogP contribution in [0.25, 0.3) is 10.6 Å². The number of nitrogens with zero attached hydrogens (tertiary/aromatic N) is 3. The van der Waals surface area contributed by atoms with Gasteiger partial charge in [0.25, 0.3) is 0 Å². The van der Waals surface area contributed by atoms with Gasteiger partial charge in [-0.25, -0.2) is 0 Å². The summed E-state index contributed by atoms with van der Waals surface area (Å²) in [4.78, 5) is 13.7. The molecule has 0 aliphatic rings. The molecule has 0 saturated heterocycles. The van der Waals surface area contributed by atoms with Gasteiger partial charge in [0.15, 0.2) is 0 Å². The first-order valence-corrected chi connectivity index (χ1v) is 7.67. The standard InChI is InChI=1S/C15H19N3O2S/c1-4-13(19)18(9-10-20-3)15-17-16-14(21-15)12-7-5-11(2)6-8-12/h5-8H,4,9-10H2,1-3H3. The molecule has 6 heteroatoms. The maximum atomic E-state index is 12.0. The molecule has 0 bridgehead atoms. The molecular weight excluding hydrogens is 286 g/mol. The van der Waals surface area contributed by atoms with Crippen LogP contribution < -0.4 is 4.90 Å². The SMILES string of the molecule is CCC(=O)N(CCOC)c1nnc(-c2ccc(C)cc2)s1. The third-order valence-electron chi connectivity index (χ3n) is 3.07. The molecule has 1 amide bonds. The smallest absolute Gasteiger partial charge is 0.228 e. The Hall–Kier alpha value is -1.79. The first-order valence-electron chi connectivity index (χ1n) is 6.85. The molecule has 0 aliphatic heterocycles. The molecule has 0 spiro atoms. The predicted molar refractivity (Wildman–Crippen MR) is 84.6 cm³/mol.